The summed E-state index contributed by atoms with van der Waals surface area (Å²) >= 11 is 3.42. The molecule has 1 amide bonds. The highest BCUT2D eigenvalue weighted by atomic mass is 79.9. The molecule has 0 bridgehead atoms. The van der Waals surface area contributed by atoms with Gasteiger partial charge in [0.1, 0.15) is 5.75 Å². The van der Waals surface area contributed by atoms with Gasteiger partial charge in [-0.3, -0.25) is 4.79 Å². The molecule has 0 spiro atoms. The van der Waals surface area contributed by atoms with Crippen molar-refractivity contribution in [1.29, 1.82) is 0 Å². The molecule has 0 aromatic heterocycles. The number of rotatable bonds is 9. The van der Waals surface area contributed by atoms with Crippen molar-refractivity contribution in [1.82, 2.24) is 5.32 Å². The number of halogens is 1. The quantitative estimate of drug-likeness (QED) is 0.636. The van der Waals surface area contributed by atoms with E-state index in [9.17, 15) is 4.79 Å². The summed E-state index contributed by atoms with van der Waals surface area (Å²) in [7, 11) is 1.55. The summed E-state index contributed by atoms with van der Waals surface area (Å²) in [4.78, 5) is 12.3. The maximum atomic E-state index is 12.3. The van der Waals surface area contributed by atoms with E-state index < -0.39 is 0 Å². The standard InChI is InChI=1S/C19H22BrNO4/c1-3-24-18-16(20)12-14(13-17(18)23-2)19(22)21-10-7-11-25-15-8-5-4-6-9-15/h4-6,8-9,12-13H,3,7,10-11H2,1-2H3,(H,21,22). The van der Waals surface area contributed by atoms with Gasteiger partial charge in [-0.05, 0) is 53.5 Å². The van der Waals surface area contributed by atoms with E-state index in [0.29, 0.717) is 41.3 Å². The molecule has 5 nitrogen and oxygen atoms in total. The van der Waals surface area contributed by atoms with Crippen LogP contribution in [-0.2, 0) is 0 Å². The summed E-state index contributed by atoms with van der Waals surface area (Å²) in [5, 5.41) is 2.88. The summed E-state index contributed by atoms with van der Waals surface area (Å²) in [5.41, 5.74) is 0.510. The van der Waals surface area contributed by atoms with Crippen LogP contribution in [0.2, 0.25) is 0 Å². The van der Waals surface area contributed by atoms with Crippen molar-refractivity contribution in [2.24, 2.45) is 0 Å². The summed E-state index contributed by atoms with van der Waals surface area (Å²) < 4.78 is 17.1. The van der Waals surface area contributed by atoms with Crippen molar-refractivity contribution in [3.05, 3.63) is 52.5 Å². The molecule has 2 aromatic carbocycles. The molecule has 0 aliphatic rings. The predicted octanol–water partition coefficient (Wildman–Crippen LogP) is 4.06. The molecule has 1 N–H and O–H groups in total. The van der Waals surface area contributed by atoms with Crippen molar-refractivity contribution >= 4 is 21.8 Å². The lowest BCUT2D eigenvalue weighted by molar-refractivity contribution is 0.0951. The number of carbonyl (C=O) groups excluding carboxylic acids is 1. The Morgan fingerprint density at radius 1 is 1.16 bits per heavy atom. The zero-order valence-corrected chi connectivity index (χ0v) is 16.0. The third-order valence-corrected chi connectivity index (χ3v) is 3.99. The zero-order chi connectivity index (χ0) is 18.1. The minimum absolute atomic E-state index is 0.165. The van der Waals surface area contributed by atoms with Crippen molar-refractivity contribution in [2.45, 2.75) is 13.3 Å². The Labute approximate surface area is 156 Å². The number of amides is 1. The lowest BCUT2D eigenvalue weighted by Gasteiger charge is -2.13. The number of benzene rings is 2. The molecule has 0 unspecified atom stereocenters. The van der Waals surface area contributed by atoms with Crippen LogP contribution in [0.4, 0.5) is 0 Å². The molecular formula is C19H22BrNO4. The minimum atomic E-state index is -0.165. The highest BCUT2D eigenvalue weighted by Crippen LogP contribution is 2.36. The highest BCUT2D eigenvalue weighted by Gasteiger charge is 2.15. The van der Waals surface area contributed by atoms with Crippen LogP contribution < -0.4 is 19.5 Å². The Balaban J connectivity index is 1.85. The van der Waals surface area contributed by atoms with Gasteiger partial charge in [0.05, 0.1) is 24.8 Å². The normalized spacial score (nSPS) is 10.2. The first kappa shape index (κ1) is 19.1. The van der Waals surface area contributed by atoms with Gasteiger partial charge in [-0.15, -0.1) is 0 Å². The number of ether oxygens (including phenoxy) is 3. The van der Waals surface area contributed by atoms with Crippen molar-refractivity contribution < 1.29 is 19.0 Å². The van der Waals surface area contributed by atoms with Crippen LogP contribution in [0.15, 0.2) is 46.9 Å². The number of para-hydroxylation sites is 1. The third-order valence-electron chi connectivity index (χ3n) is 3.40. The molecule has 6 heteroatoms. The third kappa shape index (κ3) is 5.67. The summed E-state index contributed by atoms with van der Waals surface area (Å²) in [5.74, 6) is 1.78. The molecule has 2 rings (SSSR count). The fourth-order valence-electron chi connectivity index (χ4n) is 2.22. The molecule has 0 aliphatic carbocycles. The topological polar surface area (TPSA) is 56.8 Å². The molecular weight excluding hydrogens is 386 g/mol. The van der Waals surface area contributed by atoms with Crippen molar-refractivity contribution in [3.8, 4) is 17.2 Å². The van der Waals surface area contributed by atoms with Gasteiger partial charge < -0.3 is 19.5 Å². The minimum Gasteiger partial charge on any atom is -0.494 e. The number of nitrogens with one attached hydrogen (secondary N) is 1. The highest BCUT2D eigenvalue weighted by molar-refractivity contribution is 9.10. The lowest BCUT2D eigenvalue weighted by atomic mass is 10.2. The van der Waals surface area contributed by atoms with Gasteiger partial charge in [0, 0.05) is 12.1 Å². The molecule has 0 atom stereocenters. The second-order valence-corrected chi connectivity index (χ2v) is 6.05. The average molecular weight is 408 g/mol. The number of hydrogen-bond acceptors (Lipinski definition) is 4. The van der Waals surface area contributed by atoms with Crippen LogP contribution in [0, 0.1) is 0 Å². The fourth-order valence-corrected chi connectivity index (χ4v) is 2.77. The van der Waals surface area contributed by atoms with Crippen LogP contribution in [0.1, 0.15) is 23.7 Å². The molecule has 0 aliphatic heterocycles. The summed E-state index contributed by atoms with van der Waals surface area (Å²) in [6, 6.07) is 13.0. The number of methoxy groups -OCH3 is 1. The predicted molar refractivity (Wildman–Crippen MR) is 101 cm³/mol. The molecule has 134 valence electrons. The first-order chi connectivity index (χ1) is 12.2. The van der Waals surface area contributed by atoms with E-state index in [-0.39, 0.29) is 5.91 Å². The summed E-state index contributed by atoms with van der Waals surface area (Å²) in [6.45, 7) is 3.48. The fraction of sp³-hybridized carbons (Fsp3) is 0.316. The monoisotopic (exact) mass is 407 g/mol. The van der Waals surface area contributed by atoms with Crippen LogP contribution in [-0.4, -0.2) is 32.8 Å². The largest absolute Gasteiger partial charge is 0.494 e. The van der Waals surface area contributed by atoms with Crippen molar-refractivity contribution in [2.75, 3.05) is 26.9 Å². The van der Waals surface area contributed by atoms with E-state index in [2.05, 4.69) is 21.2 Å². The first-order valence-electron chi connectivity index (χ1n) is 8.12. The van der Waals surface area contributed by atoms with E-state index >= 15 is 0 Å². The van der Waals surface area contributed by atoms with Gasteiger partial charge >= 0.3 is 0 Å². The molecule has 25 heavy (non-hydrogen) atoms. The maximum Gasteiger partial charge on any atom is 0.251 e. The molecule has 0 saturated heterocycles. The number of hydrogen-bond donors (Lipinski definition) is 1. The van der Waals surface area contributed by atoms with Crippen LogP contribution in [0.5, 0.6) is 17.2 Å². The van der Waals surface area contributed by atoms with Gasteiger partial charge in [-0.25, -0.2) is 0 Å². The Morgan fingerprint density at radius 2 is 1.92 bits per heavy atom. The van der Waals surface area contributed by atoms with Crippen LogP contribution in [0.25, 0.3) is 0 Å². The number of carbonyl (C=O) groups is 1. The SMILES string of the molecule is CCOc1c(Br)cc(C(=O)NCCCOc2ccccc2)cc1OC. The zero-order valence-electron chi connectivity index (χ0n) is 14.4. The Bertz CT molecular complexity index is 691. The molecule has 2 aromatic rings. The van der Waals surface area contributed by atoms with E-state index in [1.807, 2.05) is 37.3 Å². The smallest absolute Gasteiger partial charge is 0.251 e. The summed E-state index contributed by atoms with van der Waals surface area (Å²) in [6.07, 6.45) is 0.718. The van der Waals surface area contributed by atoms with Gasteiger partial charge in [0.25, 0.3) is 5.91 Å². The molecule has 0 heterocycles. The molecule has 0 radical (unpaired) electrons. The van der Waals surface area contributed by atoms with Crippen LogP contribution in [0.3, 0.4) is 0 Å². The average Bonchev–Trinajstić information content (AvgIpc) is 2.63. The van der Waals surface area contributed by atoms with Crippen molar-refractivity contribution in [3.63, 3.8) is 0 Å². The second kappa shape index (κ2) is 9.93. The van der Waals surface area contributed by atoms with Gasteiger partial charge in [0.2, 0.25) is 0 Å². The van der Waals surface area contributed by atoms with E-state index in [1.165, 1.54) is 0 Å². The first-order valence-corrected chi connectivity index (χ1v) is 8.91. The Hall–Kier alpha value is -2.21. The van der Waals surface area contributed by atoms with Gasteiger partial charge in [0.15, 0.2) is 11.5 Å². The Morgan fingerprint density at radius 3 is 2.60 bits per heavy atom. The second-order valence-electron chi connectivity index (χ2n) is 5.19. The molecule has 0 fully saturated rings. The van der Waals surface area contributed by atoms with Crippen LogP contribution >= 0.6 is 15.9 Å². The van der Waals surface area contributed by atoms with E-state index in [1.54, 1.807) is 19.2 Å². The molecule has 0 saturated carbocycles. The Kier molecular flexibility index (Phi) is 7.60. The van der Waals surface area contributed by atoms with E-state index in [4.69, 9.17) is 14.2 Å². The van der Waals surface area contributed by atoms with Gasteiger partial charge in [-0.2, -0.15) is 0 Å². The lowest BCUT2D eigenvalue weighted by Crippen LogP contribution is -2.25. The van der Waals surface area contributed by atoms with Gasteiger partial charge in [-0.1, -0.05) is 18.2 Å². The maximum absolute atomic E-state index is 12.3. The van der Waals surface area contributed by atoms with E-state index in [0.717, 1.165) is 12.2 Å².